The van der Waals surface area contributed by atoms with Gasteiger partial charge in [-0.1, -0.05) is 18.2 Å². The molecule has 1 aliphatic rings. The Morgan fingerprint density at radius 3 is 2.34 bits per heavy atom. The lowest BCUT2D eigenvalue weighted by Crippen LogP contribution is -2.41. The highest BCUT2D eigenvalue weighted by molar-refractivity contribution is 5.94. The molecule has 0 radical (unpaired) electrons. The second kappa shape index (κ2) is 9.56. The number of rotatable bonds is 6. The molecule has 154 valence electrons. The van der Waals surface area contributed by atoms with E-state index in [4.69, 9.17) is 4.74 Å². The van der Waals surface area contributed by atoms with Crippen LogP contribution in [0.4, 0.5) is 11.4 Å². The maximum Gasteiger partial charge on any atom is 0.238 e. The zero-order chi connectivity index (χ0) is 20.8. The van der Waals surface area contributed by atoms with E-state index < -0.39 is 0 Å². The maximum atomic E-state index is 12.6. The first-order valence-electron chi connectivity index (χ1n) is 9.99. The van der Waals surface area contributed by atoms with Crippen molar-refractivity contribution in [1.82, 2.24) is 4.90 Å². The summed E-state index contributed by atoms with van der Waals surface area (Å²) in [4.78, 5) is 27.1. The fraction of sp³-hybridized carbons (Fsp3) is 0.391. The van der Waals surface area contributed by atoms with Gasteiger partial charge < -0.3 is 15.4 Å². The minimum atomic E-state index is -0.0568. The largest absolute Gasteiger partial charge is 0.495 e. The second-order valence-corrected chi connectivity index (χ2v) is 7.66. The van der Waals surface area contributed by atoms with Gasteiger partial charge in [0.2, 0.25) is 11.8 Å². The molecule has 0 atom stereocenters. The maximum absolute atomic E-state index is 12.6. The number of anilines is 2. The van der Waals surface area contributed by atoms with Gasteiger partial charge >= 0.3 is 0 Å². The summed E-state index contributed by atoms with van der Waals surface area (Å²) >= 11 is 0. The number of para-hydroxylation sites is 2. The van der Waals surface area contributed by atoms with E-state index in [-0.39, 0.29) is 17.7 Å². The molecule has 0 bridgehead atoms. The standard InChI is InChI=1S/C23H29N3O3/c1-16-12-17(2)14-19(13-16)24-22(27)15-26-10-8-18(9-11-26)23(28)25-20-6-4-5-7-21(20)29-3/h4-7,12-14,18H,8-11,15H2,1-3H3,(H,24,27)(H,25,28). The van der Waals surface area contributed by atoms with E-state index in [0.717, 1.165) is 42.7 Å². The van der Waals surface area contributed by atoms with Crippen LogP contribution in [0.2, 0.25) is 0 Å². The Kier molecular flexibility index (Phi) is 6.88. The Morgan fingerprint density at radius 1 is 1.03 bits per heavy atom. The molecule has 1 aliphatic heterocycles. The van der Waals surface area contributed by atoms with Crippen LogP contribution in [0.25, 0.3) is 0 Å². The van der Waals surface area contributed by atoms with Crippen LogP contribution < -0.4 is 15.4 Å². The van der Waals surface area contributed by atoms with E-state index in [0.29, 0.717) is 18.0 Å². The number of benzene rings is 2. The van der Waals surface area contributed by atoms with Crippen molar-refractivity contribution >= 4 is 23.2 Å². The minimum absolute atomic E-state index is 0.00818. The molecule has 0 aromatic heterocycles. The van der Waals surface area contributed by atoms with Crippen LogP contribution >= 0.6 is 0 Å². The highest BCUT2D eigenvalue weighted by atomic mass is 16.5. The molecule has 1 saturated heterocycles. The number of hydrogen-bond donors (Lipinski definition) is 2. The van der Waals surface area contributed by atoms with E-state index >= 15 is 0 Å². The molecule has 2 N–H and O–H groups in total. The van der Waals surface area contributed by atoms with Gasteiger partial charge in [0.1, 0.15) is 5.75 Å². The average molecular weight is 396 g/mol. The topological polar surface area (TPSA) is 70.7 Å². The number of carbonyl (C=O) groups excluding carboxylic acids is 2. The van der Waals surface area contributed by atoms with E-state index in [1.165, 1.54) is 0 Å². The molecule has 2 aromatic rings. The molecular formula is C23H29N3O3. The van der Waals surface area contributed by atoms with Gasteiger partial charge in [-0.25, -0.2) is 0 Å². The van der Waals surface area contributed by atoms with E-state index in [1.807, 2.05) is 50.2 Å². The predicted molar refractivity (Wildman–Crippen MR) is 115 cm³/mol. The first-order chi connectivity index (χ1) is 13.9. The summed E-state index contributed by atoms with van der Waals surface area (Å²) in [5.41, 5.74) is 3.78. The summed E-state index contributed by atoms with van der Waals surface area (Å²) < 4.78 is 5.29. The summed E-state index contributed by atoms with van der Waals surface area (Å²) in [6.45, 7) is 5.83. The molecule has 0 unspecified atom stereocenters. The van der Waals surface area contributed by atoms with Crippen molar-refractivity contribution < 1.29 is 14.3 Å². The highest BCUT2D eigenvalue weighted by Gasteiger charge is 2.26. The summed E-state index contributed by atoms with van der Waals surface area (Å²) in [5, 5.41) is 5.94. The first kappa shape index (κ1) is 20.9. The molecule has 2 aromatic carbocycles. The Hall–Kier alpha value is -2.86. The van der Waals surface area contributed by atoms with Gasteiger partial charge in [-0.05, 0) is 75.2 Å². The monoisotopic (exact) mass is 395 g/mol. The molecule has 0 spiro atoms. The summed E-state index contributed by atoms with van der Waals surface area (Å²) in [7, 11) is 1.59. The molecule has 1 fully saturated rings. The third-order valence-electron chi connectivity index (χ3n) is 5.20. The molecule has 6 heteroatoms. The number of carbonyl (C=O) groups is 2. The smallest absolute Gasteiger partial charge is 0.238 e. The van der Waals surface area contributed by atoms with Crippen LogP contribution in [-0.4, -0.2) is 43.5 Å². The van der Waals surface area contributed by atoms with Crippen LogP contribution in [0.15, 0.2) is 42.5 Å². The number of likely N-dealkylation sites (tertiary alicyclic amines) is 1. The third kappa shape index (κ3) is 5.81. The molecule has 0 saturated carbocycles. The summed E-state index contributed by atoms with van der Waals surface area (Å²) in [6, 6.07) is 13.4. The fourth-order valence-electron chi connectivity index (χ4n) is 3.79. The Balaban J connectivity index is 1.47. The molecule has 0 aliphatic carbocycles. The lowest BCUT2D eigenvalue weighted by atomic mass is 9.95. The number of aryl methyl sites for hydroxylation is 2. The van der Waals surface area contributed by atoms with Gasteiger partial charge in [0.25, 0.3) is 0 Å². The minimum Gasteiger partial charge on any atom is -0.495 e. The SMILES string of the molecule is COc1ccccc1NC(=O)C1CCN(CC(=O)Nc2cc(C)cc(C)c2)CC1. The zero-order valence-corrected chi connectivity index (χ0v) is 17.3. The third-order valence-corrected chi connectivity index (χ3v) is 5.20. The fourth-order valence-corrected chi connectivity index (χ4v) is 3.79. The zero-order valence-electron chi connectivity index (χ0n) is 17.3. The Labute approximate surface area is 172 Å². The van der Waals surface area contributed by atoms with Gasteiger partial charge in [0.15, 0.2) is 0 Å². The lowest BCUT2D eigenvalue weighted by Gasteiger charge is -2.30. The van der Waals surface area contributed by atoms with Crippen molar-refractivity contribution in [3.63, 3.8) is 0 Å². The van der Waals surface area contributed by atoms with E-state index in [1.54, 1.807) is 7.11 Å². The van der Waals surface area contributed by atoms with Crippen molar-refractivity contribution in [1.29, 1.82) is 0 Å². The normalized spacial score (nSPS) is 15.0. The van der Waals surface area contributed by atoms with Gasteiger partial charge in [0, 0.05) is 11.6 Å². The number of methoxy groups -OCH3 is 1. The number of nitrogens with one attached hydrogen (secondary N) is 2. The van der Waals surface area contributed by atoms with Crippen LogP contribution in [0.5, 0.6) is 5.75 Å². The van der Waals surface area contributed by atoms with Crippen LogP contribution in [-0.2, 0) is 9.59 Å². The molecule has 3 rings (SSSR count). The predicted octanol–water partition coefficient (Wildman–Crippen LogP) is 3.60. The van der Waals surface area contributed by atoms with Crippen molar-refractivity contribution in [2.24, 2.45) is 5.92 Å². The van der Waals surface area contributed by atoms with Crippen molar-refractivity contribution in [3.8, 4) is 5.75 Å². The number of hydrogen-bond acceptors (Lipinski definition) is 4. The Morgan fingerprint density at radius 2 is 1.69 bits per heavy atom. The first-order valence-corrected chi connectivity index (χ1v) is 9.99. The summed E-state index contributed by atoms with van der Waals surface area (Å²) in [6.07, 6.45) is 1.47. The van der Waals surface area contributed by atoms with Crippen molar-refractivity contribution in [2.45, 2.75) is 26.7 Å². The van der Waals surface area contributed by atoms with Crippen molar-refractivity contribution in [2.75, 3.05) is 37.4 Å². The van der Waals surface area contributed by atoms with Gasteiger partial charge in [-0.2, -0.15) is 0 Å². The van der Waals surface area contributed by atoms with Crippen LogP contribution in [0.3, 0.4) is 0 Å². The quantitative estimate of drug-likeness (QED) is 0.784. The number of ether oxygens (including phenoxy) is 1. The molecular weight excluding hydrogens is 366 g/mol. The summed E-state index contributed by atoms with van der Waals surface area (Å²) in [5.74, 6) is 0.584. The van der Waals surface area contributed by atoms with Gasteiger partial charge in [-0.3, -0.25) is 14.5 Å². The average Bonchev–Trinajstić information content (AvgIpc) is 2.68. The number of piperidine rings is 1. The van der Waals surface area contributed by atoms with E-state index in [2.05, 4.69) is 21.6 Å². The lowest BCUT2D eigenvalue weighted by molar-refractivity contribution is -0.121. The van der Waals surface area contributed by atoms with Gasteiger partial charge in [-0.15, -0.1) is 0 Å². The van der Waals surface area contributed by atoms with E-state index in [9.17, 15) is 9.59 Å². The second-order valence-electron chi connectivity index (χ2n) is 7.66. The number of amides is 2. The molecule has 6 nitrogen and oxygen atoms in total. The number of nitrogens with zero attached hydrogens (tertiary/aromatic N) is 1. The molecule has 29 heavy (non-hydrogen) atoms. The van der Waals surface area contributed by atoms with Gasteiger partial charge in [0.05, 0.1) is 19.3 Å². The molecule has 2 amide bonds. The molecule has 1 heterocycles. The van der Waals surface area contributed by atoms with Crippen LogP contribution in [0.1, 0.15) is 24.0 Å². The Bertz CT molecular complexity index is 853. The van der Waals surface area contributed by atoms with Crippen LogP contribution in [0, 0.1) is 19.8 Å². The highest BCUT2D eigenvalue weighted by Crippen LogP contribution is 2.25. The van der Waals surface area contributed by atoms with Crippen molar-refractivity contribution in [3.05, 3.63) is 53.6 Å².